The smallest absolute Gasteiger partial charge is 0.199 e. The number of imidazole rings is 1. The Morgan fingerprint density at radius 3 is 2.16 bits per heavy atom. The Kier molecular flexibility index (Phi) is 3.12. The molecule has 0 fully saturated rings. The number of rotatable bonds is 1. The van der Waals surface area contributed by atoms with E-state index in [0.717, 1.165) is 4.57 Å². The van der Waals surface area contributed by atoms with Crippen LogP contribution in [0.5, 0.6) is 0 Å². The van der Waals surface area contributed by atoms with Gasteiger partial charge in [0.05, 0.1) is 17.7 Å². The quantitative estimate of drug-likeness (QED) is 0.439. The standard InChI is InChI=1S/C13H12F4N2/c1-13(2,3)9-5-19(6-18-9)8-4-7(14)10(15)12(17)11(8)16/h4-6H,1-3H3. The molecule has 0 aliphatic carbocycles. The van der Waals surface area contributed by atoms with Gasteiger partial charge in [0.1, 0.15) is 0 Å². The van der Waals surface area contributed by atoms with Gasteiger partial charge in [0, 0.05) is 17.7 Å². The van der Waals surface area contributed by atoms with Crippen LogP contribution >= 0.6 is 0 Å². The zero-order chi connectivity index (χ0) is 14.4. The largest absolute Gasteiger partial charge is 0.303 e. The van der Waals surface area contributed by atoms with Gasteiger partial charge in [0.2, 0.25) is 0 Å². The zero-order valence-electron chi connectivity index (χ0n) is 10.6. The minimum Gasteiger partial charge on any atom is -0.303 e. The third-order valence-electron chi connectivity index (χ3n) is 2.71. The van der Waals surface area contributed by atoms with E-state index in [0.29, 0.717) is 11.8 Å². The number of halogens is 4. The highest BCUT2D eigenvalue weighted by Gasteiger charge is 2.22. The third-order valence-corrected chi connectivity index (χ3v) is 2.71. The van der Waals surface area contributed by atoms with Crippen LogP contribution in [-0.4, -0.2) is 9.55 Å². The Morgan fingerprint density at radius 1 is 1.00 bits per heavy atom. The maximum Gasteiger partial charge on any atom is 0.199 e. The second-order valence-electron chi connectivity index (χ2n) is 5.24. The Labute approximate surface area is 107 Å². The van der Waals surface area contributed by atoms with Gasteiger partial charge in [0.15, 0.2) is 23.3 Å². The average Bonchev–Trinajstić information content (AvgIpc) is 2.80. The number of hydrogen-bond donors (Lipinski definition) is 0. The highest BCUT2D eigenvalue weighted by molar-refractivity contribution is 5.36. The third kappa shape index (κ3) is 2.34. The molecular formula is C13H12F4N2. The normalized spacial score (nSPS) is 11.9. The van der Waals surface area contributed by atoms with Crippen molar-refractivity contribution in [1.82, 2.24) is 9.55 Å². The van der Waals surface area contributed by atoms with Crippen LogP contribution in [0.3, 0.4) is 0 Å². The van der Waals surface area contributed by atoms with Gasteiger partial charge < -0.3 is 4.57 Å². The SMILES string of the molecule is CC(C)(C)c1cn(-c2cc(F)c(F)c(F)c2F)cn1. The molecule has 0 aliphatic heterocycles. The molecule has 2 nitrogen and oxygen atoms in total. The molecule has 0 N–H and O–H groups in total. The first-order valence-electron chi connectivity index (χ1n) is 5.59. The molecule has 6 heteroatoms. The molecule has 102 valence electrons. The second kappa shape index (κ2) is 4.36. The molecule has 2 rings (SSSR count). The van der Waals surface area contributed by atoms with Crippen molar-refractivity contribution < 1.29 is 17.6 Å². The van der Waals surface area contributed by atoms with Crippen LogP contribution in [0.15, 0.2) is 18.6 Å². The Morgan fingerprint density at radius 2 is 1.63 bits per heavy atom. The summed E-state index contributed by atoms with van der Waals surface area (Å²) < 4.78 is 53.9. The minimum absolute atomic E-state index is 0.293. The molecule has 0 saturated heterocycles. The highest BCUT2D eigenvalue weighted by atomic mass is 19.2. The van der Waals surface area contributed by atoms with E-state index in [1.165, 1.54) is 12.5 Å². The van der Waals surface area contributed by atoms with Crippen molar-refractivity contribution >= 4 is 0 Å². The molecule has 0 aliphatic rings. The Hall–Kier alpha value is -1.85. The molecule has 1 aromatic carbocycles. The van der Waals surface area contributed by atoms with E-state index in [4.69, 9.17) is 0 Å². The summed E-state index contributed by atoms with van der Waals surface area (Å²) in [5.74, 6) is -6.55. The molecule has 0 bridgehead atoms. The van der Waals surface area contributed by atoms with E-state index >= 15 is 0 Å². The number of nitrogens with zero attached hydrogens (tertiary/aromatic N) is 2. The van der Waals surface area contributed by atoms with Crippen molar-refractivity contribution in [3.8, 4) is 5.69 Å². The molecular weight excluding hydrogens is 260 g/mol. The van der Waals surface area contributed by atoms with Crippen molar-refractivity contribution in [1.29, 1.82) is 0 Å². The maximum absolute atomic E-state index is 13.6. The maximum atomic E-state index is 13.6. The van der Waals surface area contributed by atoms with Gasteiger partial charge in [-0.25, -0.2) is 22.5 Å². The van der Waals surface area contributed by atoms with Crippen molar-refractivity contribution in [2.24, 2.45) is 0 Å². The van der Waals surface area contributed by atoms with Crippen LogP contribution in [0.4, 0.5) is 17.6 Å². The number of hydrogen-bond acceptors (Lipinski definition) is 1. The van der Waals surface area contributed by atoms with Gasteiger partial charge in [-0.3, -0.25) is 0 Å². The summed E-state index contributed by atoms with van der Waals surface area (Å²) in [5.41, 5.74) is -0.0878. The molecule has 0 radical (unpaired) electrons. The predicted molar refractivity (Wildman–Crippen MR) is 62.1 cm³/mol. The Balaban J connectivity index is 2.57. The number of benzene rings is 1. The minimum atomic E-state index is -1.83. The van der Waals surface area contributed by atoms with Gasteiger partial charge >= 0.3 is 0 Å². The lowest BCUT2D eigenvalue weighted by atomic mass is 9.93. The molecule has 0 saturated carbocycles. The fourth-order valence-electron chi connectivity index (χ4n) is 1.59. The Bertz CT molecular complexity index is 626. The fourth-order valence-corrected chi connectivity index (χ4v) is 1.59. The monoisotopic (exact) mass is 272 g/mol. The highest BCUT2D eigenvalue weighted by Crippen LogP contribution is 2.25. The summed E-state index contributed by atoms with van der Waals surface area (Å²) in [6.07, 6.45) is 2.69. The average molecular weight is 272 g/mol. The molecule has 0 spiro atoms. The molecule has 1 aromatic heterocycles. The summed E-state index contributed by atoms with van der Waals surface area (Å²) in [6, 6.07) is 0.599. The van der Waals surface area contributed by atoms with E-state index in [2.05, 4.69) is 4.98 Å². The van der Waals surface area contributed by atoms with E-state index in [1.807, 2.05) is 20.8 Å². The zero-order valence-corrected chi connectivity index (χ0v) is 10.6. The van der Waals surface area contributed by atoms with Gasteiger partial charge in [-0.15, -0.1) is 0 Å². The van der Waals surface area contributed by atoms with Crippen LogP contribution in [0.2, 0.25) is 0 Å². The summed E-state index contributed by atoms with van der Waals surface area (Å²) in [4.78, 5) is 4.04. The lowest BCUT2D eigenvalue weighted by Crippen LogP contribution is -2.11. The molecule has 0 atom stereocenters. The number of aromatic nitrogens is 2. The van der Waals surface area contributed by atoms with Crippen LogP contribution in [0.25, 0.3) is 5.69 Å². The van der Waals surface area contributed by atoms with Crippen LogP contribution in [0.1, 0.15) is 26.5 Å². The molecule has 2 aromatic rings. The van der Waals surface area contributed by atoms with Gasteiger partial charge in [-0.1, -0.05) is 20.8 Å². The van der Waals surface area contributed by atoms with E-state index in [9.17, 15) is 17.6 Å². The topological polar surface area (TPSA) is 17.8 Å². The summed E-state index contributed by atoms with van der Waals surface area (Å²) >= 11 is 0. The van der Waals surface area contributed by atoms with Crippen LogP contribution in [-0.2, 0) is 5.41 Å². The van der Waals surface area contributed by atoms with Gasteiger partial charge in [-0.05, 0) is 0 Å². The summed E-state index contributed by atoms with van der Waals surface area (Å²) in [6.45, 7) is 5.67. The van der Waals surface area contributed by atoms with E-state index in [-0.39, 0.29) is 5.41 Å². The van der Waals surface area contributed by atoms with Crippen molar-refractivity contribution in [3.05, 3.63) is 47.6 Å². The lowest BCUT2D eigenvalue weighted by molar-refractivity contribution is 0.407. The predicted octanol–water partition coefficient (Wildman–Crippen LogP) is 3.73. The summed E-state index contributed by atoms with van der Waals surface area (Å²) in [7, 11) is 0. The fraction of sp³-hybridized carbons (Fsp3) is 0.308. The van der Waals surface area contributed by atoms with Crippen molar-refractivity contribution in [3.63, 3.8) is 0 Å². The van der Waals surface area contributed by atoms with Crippen molar-refractivity contribution in [2.45, 2.75) is 26.2 Å². The van der Waals surface area contributed by atoms with Crippen LogP contribution < -0.4 is 0 Å². The molecule has 19 heavy (non-hydrogen) atoms. The molecule has 1 heterocycles. The molecule has 0 amide bonds. The van der Waals surface area contributed by atoms with E-state index < -0.39 is 29.0 Å². The van der Waals surface area contributed by atoms with E-state index in [1.54, 1.807) is 0 Å². The first-order chi connectivity index (χ1) is 8.71. The molecule has 0 unspecified atom stereocenters. The van der Waals surface area contributed by atoms with Crippen LogP contribution in [0, 0.1) is 23.3 Å². The lowest BCUT2D eigenvalue weighted by Gasteiger charge is -2.14. The van der Waals surface area contributed by atoms with Gasteiger partial charge in [-0.2, -0.15) is 0 Å². The van der Waals surface area contributed by atoms with Crippen molar-refractivity contribution in [2.75, 3.05) is 0 Å². The summed E-state index contributed by atoms with van der Waals surface area (Å²) in [5, 5.41) is 0. The van der Waals surface area contributed by atoms with Gasteiger partial charge in [0.25, 0.3) is 0 Å². The second-order valence-corrected chi connectivity index (χ2v) is 5.24. The first-order valence-corrected chi connectivity index (χ1v) is 5.59. The first kappa shape index (κ1) is 13.6.